The van der Waals surface area contributed by atoms with E-state index in [2.05, 4.69) is 31.5 Å². The Morgan fingerprint density at radius 1 is 1.17 bits per heavy atom. The number of nitrogens with one attached hydrogen (secondary N) is 1. The van der Waals surface area contributed by atoms with E-state index in [1.807, 2.05) is 12.3 Å². The molecule has 0 aliphatic carbocycles. The Kier molecular flexibility index (Phi) is 4.12. The molecule has 0 radical (unpaired) electrons. The third-order valence-electron chi connectivity index (χ3n) is 5.81. The van der Waals surface area contributed by atoms with Gasteiger partial charge in [-0.25, -0.2) is 9.97 Å². The van der Waals surface area contributed by atoms with Gasteiger partial charge in [-0.05, 0) is 36.2 Å². The Bertz CT molecular complexity index is 1100. The number of likely N-dealkylation sites (tertiary alicyclic amines) is 1. The van der Waals surface area contributed by atoms with Crippen molar-refractivity contribution in [3.8, 4) is 5.75 Å². The number of fused-ring (bicyclic) bond motifs is 2. The molecule has 30 heavy (non-hydrogen) atoms. The minimum absolute atomic E-state index is 0.0301. The molecule has 2 fully saturated rings. The van der Waals surface area contributed by atoms with Crippen molar-refractivity contribution in [2.45, 2.75) is 25.4 Å². The summed E-state index contributed by atoms with van der Waals surface area (Å²) in [7, 11) is 0. The molecule has 0 saturated carbocycles. The van der Waals surface area contributed by atoms with E-state index < -0.39 is 6.36 Å². The number of aromatic nitrogens is 3. The minimum Gasteiger partial charge on any atom is -0.406 e. The molecule has 1 aromatic carbocycles. The van der Waals surface area contributed by atoms with E-state index in [9.17, 15) is 18.0 Å². The maximum Gasteiger partial charge on any atom is 0.573 e. The van der Waals surface area contributed by atoms with Crippen molar-refractivity contribution in [1.29, 1.82) is 0 Å². The third-order valence-corrected chi connectivity index (χ3v) is 5.81. The van der Waals surface area contributed by atoms with Gasteiger partial charge in [0.05, 0.1) is 17.5 Å². The lowest BCUT2D eigenvalue weighted by atomic mass is 9.90. The number of ether oxygens (including phenoxy) is 1. The number of hydrogen-bond acceptors (Lipinski definition) is 5. The molecule has 0 bridgehead atoms. The van der Waals surface area contributed by atoms with Crippen LogP contribution in [0.5, 0.6) is 5.75 Å². The van der Waals surface area contributed by atoms with E-state index in [4.69, 9.17) is 0 Å². The van der Waals surface area contributed by atoms with E-state index in [1.165, 1.54) is 18.5 Å². The summed E-state index contributed by atoms with van der Waals surface area (Å²) < 4.78 is 40.9. The van der Waals surface area contributed by atoms with Crippen LogP contribution < -0.4 is 9.64 Å². The summed E-state index contributed by atoms with van der Waals surface area (Å²) in [5.41, 5.74) is 1.11. The summed E-state index contributed by atoms with van der Waals surface area (Å²) in [5.74, 6) is 0.532. The number of benzene rings is 1. The first-order valence-corrected chi connectivity index (χ1v) is 9.53. The summed E-state index contributed by atoms with van der Waals surface area (Å²) in [4.78, 5) is 28.8. The Labute approximate surface area is 169 Å². The quantitative estimate of drug-likeness (QED) is 0.709. The minimum atomic E-state index is -4.76. The average Bonchev–Trinajstić information content (AvgIpc) is 3.23. The predicted octanol–water partition coefficient (Wildman–Crippen LogP) is 3.21. The van der Waals surface area contributed by atoms with Crippen molar-refractivity contribution < 1.29 is 22.7 Å². The Morgan fingerprint density at radius 3 is 2.67 bits per heavy atom. The van der Waals surface area contributed by atoms with Crippen LogP contribution in [-0.2, 0) is 0 Å². The third kappa shape index (κ3) is 3.03. The van der Waals surface area contributed by atoms with Gasteiger partial charge in [-0.15, -0.1) is 13.2 Å². The van der Waals surface area contributed by atoms with Crippen molar-refractivity contribution in [2.75, 3.05) is 18.0 Å². The summed E-state index contributed by atoms with van der Waals surface area (Å²) >= 11 is 0. The Morgan fingerprint density at radius 2 is 1.93 bits per heavy atom. The number of nitrogens with zero attached hydrogens (tertiary/aromatic N) is 4. The summed E-state index contributed by atoms with van der Waals surface area (Å²) in [6.45, 7) is 3.31. The van der Waals surface area contributed by atoms with Crippen LogP contribution >= 0.6 is 0 Å². The molecule has 0 spiro atoms. The van der Waals surface area contributed by atoms with Crippen molar-refractivity contribution in [3.05, 3.63) is 48.4 Å². The van der Waals surface area contributed by atoms with Crippen LogP contribution in [0.25, 0.3) is 11.0 Å². The van der Waals surface area contributed by atoms with Gasteiger partial charge in [0.2, 0.25) is 0 Å². The van der Waals surface area contributed by atoms with Crippen LogP contribution in [0, 0.1) is 5.92 Å². The maximum atomic E-state index is 13.0. The lowest BCUT2D eigenvalue weighted by Gasteiger charge is -2.48. The highest BCUT2D eigenvalue weighted by Gasteiger charge is 2.53. The molecule has 3 atom stereocenters. The van der Waals surface area contributed by atoms with Crippen LogP contribution in [0.15, 0.2) is 42.9 Å². The van der Waals surface area contributed by atoms with Gasteiger partial charge in [-0.2, -0.15) is 0 Å². The van der Waals surface area contributed by atoms with Gasteiger partial charge in [0.1, 0.15) is 23.5 Å². The van der Waals surface area contributed by atoms with Crippen molar-refractivity contribution in [3.63, 3.8) is 0 Å². The molecule has 7 nitrogen and oxygen atoms in total. The summed E-state index contributed by atoms with van der Waals surface area (Å²) in [5, 5.41) is 0.938. The molecule has 3 unspecified atom stereocenters. The fourth-order valence-electron chi connectivity index (χ4n) is 4.54. The number of H-pyrrole nitrogens is 1. The number of carbonyl (C=O) groups is 1. The van der Waals surface area contributed by atoms with Crippen LogP contribution in [0.1, 0.15) is 17.3 Å². The SMILES string of the molecule is CC1CN(C(=O)c2ccc(OC(F)(F)F)cc2)C2CN(c3ncnc4[nH]ccc34)C12. The number of aromatic amines is 1. The average molecular weight is 417 g/mol. The predicted molar refractivity (Wildman–Crippen MR) is 102 cm³/mol. The number of anilines is 1. The van der Waals surface area contributed by atoms with Gasteiger partial charge in [0.15, 0.2) is 0 Å². The highest BCUT2D eigenvalue weighted by atomic mass is 19.4. The summed E-state index contributed by atoms with van der Waals surface area (Å²) in [6.07, 6.45) is -1.42. The normalized spacial score (nSPS) is 23.4. The number of amides is 1. The second-order valence-corrected chi connectivity index (χ2v) is 7.65. The van der Waals surface area contributed by atoms with Crippen LogP contribution in [-0.4, -0.2) is 57.3 Å². The number of hydrogen-bond donors (Lipinski definition) is 1. The fourth-order valence-corrected chi connectivity index (χ4v) is 4.54. The van der Waals surface area contributed by atoms with E-state index in [0.29, 0.717) is 18.7 Å². The monoisotopic (exact) mass is 417 g/mol. The zero-order chi connectivity index (χ0) is 21.0. The molecule has 1 N–H and O–H groups in total. The van der Waals surface area contributed by atoms with Gasteiger partial charge in [-0.1, -0.05) is 6.92 Å². The smallest absolute Gasteiger partial charge is 0.406 e. The first-order valence-electron chi connectivity index (χ1n) is 9.53. The second-order valence-electron chi connectivity index (χ2n) is 7.65. The Balaban J connectivity index is 1.33. The van der Waals surface area contributed by atoms with E-state index in [1.54, 1.807) is 4.90 Å². The standard InChI is InChI=1S/C20H18F3N5O2/c1-11-8-27(19(29)12-2-4-13(5-3-12)30-20(21,22)23)15-9-28(16(11)15)18-14-6-7-24-17(14)25-10-26-18/h2-7,10-11,15-16H,8-9H2,1H3,(H,24,25,26). The highest BCUT2D eigenvalue weighted by Crippen LogP contribution is 2.41. The Hall–Kier alpha value is -3.30. The largest absolute Gasteiger partial charge is 0.573 e. The fraction of sp³-hybridized carbons (Fsp3) is 0.350. The molecule has 2 aromatic heterocycles. The van der Waals surface area contributed by atoms with Crippen LogP contribution in [0.3, 0.4) is 0 Å². The molecule has 2 saturated heterocycles. The number of alkyl halides is 3. The molecule has 5 rings (SSSR count). The van der Waals surface area contributed by atoms with Crippen molar-refractivity contribution in [2.24, 2.45) is 5.92 Å². The van der Waals surface area contributed by atoms with Crippen molar-refractivity contribution >= 4 is 22.8 Å². The number of halogens is 3. The lowest BCUT2D eigenvalue weighted by molar-refractivity contribution is -0.274. The first kappa shape index (κ1) is 18.7. The number of rotatable bonds is 3. The van der Waals surface area contributed by atoms with Gasteiger partial charge >= 0.3 is 6.36 Å². The van der Waals surface area contributed by atoms with Crippen molar-refractivity contribution in [1.82, 2.24) is 19.9 Å². The van der Waals surface area contributed by atoms with Gasteiger partial charge in [-0.3, -0.25) is 4.79 Å². The maximum absolute atomic E-state index is 13.0. The molecule has 10 heteroatoms. The molecule has 2 aliphatic rings. The van der Waals surface area contributed by atoms with E-state index in [-0.39, 0.29) is 29.7 Å². The zero-order valence-corrected chi connectivity index (χ0v) is 15.9. The topological polar surface area (TPSA) is 74.3 Å². The van der Waals surface area contributed by atoms with Gasteiger partial charge in [0, 0.05) is 24.8 Å². The molecular weight excluding hydrogens is 399 g/mol. The van der Waals surface area contributed by atoms with Crippen LogP contribution in [0.4, 0.5) is 19.0 Å². The molecule has 2 aliphatic heterocycles. The molecule has 156 valence electrons. The second kappa shape index (κ2) is 6.61. The first-order chi connectivity index (χ1) is 14.3. The molecular formula is C20H18F3N5O2. The van der Waals surface area contributed by atoms with E-state index in [0.717, 1.165) is 29.0 Å². The molecule has 1 amide bonds. The van der Waals surface area contributed by atoms with Crippen LogP contribution in [0.2, 0.25) is 0 Å². The highest BCUT2D eigenvalue weighted by molar-refractivity contribution is 5.95. The van der Waals surface area contributed by atoms with Gasteiger partial charge in [0.25, 0.3) is 5.91 Å². The molecule has 4 heterocycles. The molecule has 3 aromatic rings. The zero-order valence-electron chi connectivity index (χ0n) is 15.9. The van der Waals surface area contributed by atoms with E-state index >= 15 is 0 Å². The summed E-state index contributed by atoms with van der Waals surface area (Å²) in [6, 6.07) is 7.16. The number of carbonyl (C=O) groups excluding carboxylic acids is 1. The van der Waals surface area contributed by atoms with Gasteiger partial charge < -0.3 is 19.5 Å². The lowest BCUT2D eigenvalue weighted by Crippen LogP contribution is -2.64.